The molecule has 2 aromatic rings. The molecule has 5 heteroatoms. The second-order valence-electron chi connectivity index (χ2n) is 4.47. The molecule has 1 aromatic carbocycles. The maximum absolute atomic E-state index is 4.22. The molecule has 102 valence electrons. The molecule has 2 rings (SSSR count). The van der Waals surface area contributed by atoms with Crippen LogP contribution in [0.1, 0.15) is 29.7 Å². The second kappa shape index (κ2) is 7.03. The summed E-state index contributed by atoms with van der Waals surface area (Å²) in [6, 6.07) is 7.06. The largest absolute Gasteiger partial charge is 0.309 e. The van der Waals surface area contributed by atoms with Gasteiger partial charge in [-0.15, -0.1) is 0 Å². The normalized spacial score (nSPS) is 12.6. The van der Waals surface area contributed by atoms with E-state index in [2.05, 4.69) is 53.6 Å². The van der Waals surface area contributed by atoms with E-state index >= 15 is 0 Å². The van der Waals surface area contributed by atoms with Crippen LogP contribution in [0.25, 0.3) is 0 Å². The fourth-order valence-electron chi connectivity index (χ4n) is 1.88. The first-order chi connectivity index (χ1) is 9.20. The van der Waals surface area contributed by atoms with Crippen molar-refractivity contribution in [1.29, 1.82) is 0 Å². The number of hydrogen-bond donors (Lipinski definition) is 1. The van der Waals surface area contributed by atoms with Crippen molar-refractivity contribution in [3.8, 4) is 0 Å². The smallest absolute Gasteiger partial charge is 0.169 e. The van der Waals surface area contributed by atoms with Gasteiger partial charge in [0.1, 0.15) is 6.33 Å². The summed E-state index contributed by atoms with van der Waals surface area (Å²) >= 11 is 3.22. The standard InChI is InChI=1S/C14H19N3S2/c1-4-15-13(8-18-14-16-9-17-19-14)12-6-5-10(2)11(3)7-12/h5-7,9,13,15H,4,8H2,1-3H3. The van der Waals surface area contributed by atoms with Crippen LogP contribution in [0.5, 0.6) is 0 Å². The van der Waals surface area contributed by atoms with Crippen molar-refractivity contribution in [1.82, 2.24) is 14.7 Å². The lowest BCUT2D eigenvalue weighted by Crippen LogP contribution is -2.23. The predicted octanol–water partition coefficient (Wildman–Crippen LogP) is 3.60. The molecule has 1 atom stereocenters. The number of nitrogens with one attached hydrogen (secondary N) is 1. The number of rotatable bonds is 6. The van der Waals surface area contributed by atoms with Gasteiger partial charge in [0.2, 0.25) is 0 Å². The van der Waals surface area contributed by atoms with Crippen LogP contribution in [-0.4, -0.2) is 21.7 Å². The Balaban J connectivity index is 2.07. The number of nitrogens with zero attached hydrogens (tertiary/aromatic N) is 2. The molecule has 0 aliphatic heterocycles. The lowest BCUT2D eigenvalue weighted by atomic mass is 10.0. The van der Waals surface area contributed by atoms with E-state index in [0.717, 1.165) is 16.6 Å². The monoisotopic (exact) mass is 293 g/mol. The average Bonchev–Trinajstić information content (AvgIpc) is 2.91. The first kappa shape index (κ1) is 14.5. The molecule has 0 radical (unpaired) electrons. The van der Waals surface area contributed by atoms with Crippen LogP contribution < -0.4 is 5.32 Å². The highest BCUT2D eigenvalue weighted by Gasteiger charge is 2.12. The SMILES string of the molecule is CCNC(CSc1ncns1)c1ccc(C)c(C)c1. The van der Waals surface area contributed by atoms with Crippen molar-refractivity contribution in [3.63, 3.8) is 0 Å². The molecule has 0 saturated carbocycles. The van der Waals surface area contributed by atoms with Gasteiger partial charge in [0.05, 0.1) is 0 Å². The van der Waals surface area contributed by atoms with Crippen molar-refractivity contribution < 1.29 is 0 Å². The maximum Gasteiger partial charge on any atom is 0.169 e. The summed E-state index contributed by atoms with van der Waals surface area (Å²) < 4.78 is 5.07. The zero-order valence-electron chi connectivity index (χ0n) is 11.5. The molecule has 0 aliphatic rings. The van der Waals surface area contributed by atoms with Crippen LogP contribution in [0.3, 0.4) is 0 Å². The van der Waals surface area contributed by atoms with Crippen LogP contribution >= 0.6 is 23.3 Å². The Morgan fingerprint density at radius 1 is 1.32 bits per heavy atom. The topological polar surface area (TPSA) is 37.8 Å². The first-order valence-corrected chi connectivity index (χ1v) is 8.16. The molecule has 0 aliphatic carbocycles. The van der Waals surface area contributed by atoms with Gasteiger partial charge in [0, 0.05) is 11.8 Å². The third kappa shape index (κ3) is 4.03. The molecule has 1 aromatic heterocycles. The minimum atomic E-state index is 0.359. The van der Waals surface area contributed by atoms with E-state index in [-0.39, 0.29) is 0 Å². The fourth-order valence-corrected chi connectivity index (χ4v) is 3.45. The highest BCUT2D eigenvalue weighted by molar-refractivity contribution is 8.00. The Morgan fingerprint density at radius 2 is 2.16 bits per heavy atom. The van der Waals surface area contributed by atoms with Gasteiger partial charge >= 0.3 is 0 Å². The Bertz CT molecular complexity index is 511. The molecular weight excluding hydrogens is 274 g/mol. The van der Waals surface area contributed by atoms with Crippen molar-refractivity contribution in [3.05, 3.63) is 41.2 Å². The van der Waals surface area contributed by atoms with Crippen molar-refractivity contribution in [2.45, 2.75) is 31.2 Å². The minimum Gasteiger partial charge on any atom is -0.309 e. The lowest BCUT2D eigenvalue weighted by molar-refractivity contribution is 0.605. The molecular formula is C14H19N3S2. The molecule has 0 saturated heterocycles. The summed E-state index contributed by atoms with van der Waals surface area (Å²) in [5.74, 6) is 0.978. The van der Waals surface area contributed by atoms with Gasteiger partial charge in [-0.3, -0.25) is 0 Å². The zero-order chi connectivity index (χ0) is 13.7. The van der Waals surface area contributed by atoms with E-state index < -0.39 is 0 Å². The number of aryl methyl sites for hydroxylation is 2. The number of aromatic nitrogens is 2. The van der Waals surface area contributed by atoms with Crippen molar-refractivity contribution in [2.75, 3.05) is 12.3 Å². The number of benzene rings is 1. The molecule has 1 heterocycles. The summed E-state index contributed by atoms with van der Waals surface area (Å²) in [4.78, 5) is 4.22. The van der Waals surface area contributed by atoms with E-state index in [4.69, 9.17) is 0 Å². The molecule has 0 spiro atoms. The highest BCUT2D eigenvalue weighted by Crippen LogP contribution is 2.26. The highest BCUT2D eigenvalue weighted by atomic mass is 32.2. The molecule has 3 nitrogen and oxygen atoms in total. The number of thioether (sulfide) groups is 1. The second-order valence-corrected chi connectivity index (χ2v) is 6.52. The van der Waals surface area contributed by atoms with Gasteiger partial charge in [-0.2, -0.15) is 4.37 Å². The third-order valence-corrected chi connectivity index (χ3v) is 4.99. The van der Waals surface area contributed by atoms with E-state index in [1.807, 2.05) is 0 Å². The van der Waals surface area contributed by atoms with E-state index in [1.165, 1.54) is 28.2 Å². The Kier molecular flexibility index (Phi) is 5.36. The fraction of sp³-hybridized carbons (Fsp3) is 0.429. The molecule has 1 N–H and O–H groups in total. The average molecular weight is 293 g/mol. The first-order valence-electron chi connectivity index (χ1n) is 6.40. The summed E-state index contributed by atoms with van der Waals surface area (Å²) in [6.07, 6.45) is 1.62. The molecule has 0 bridgehead atoms. The van der Waals surface area contributed by atoms with Gasteiger partial charge in [0.15, 0.2) is 4.34 Å². The third-order valence-electron chi connectivity index (χ3n) is 3.10. The van der Waals surface area contributed by atoms with Gasteiger partial charge in [-0.1, -0.05) is 36.9 Å². The summed E-state index contributed by atoms with van der Waals surface area (Å²) in [5, 5.41) is 3.54. The minimum absolute atomic E-state index is 0.359. The summed E-state index contributed by atoms with van der Waals surface area (Å²) in [7, 11) is 0. The van der Waals surface area contributed by atoms with Gasteiger partial charge in [-0.05, 0) is 48.6 Å². The summed E-state index contributed by atoms with van der Waals surface area (Å²) in [5.41, 5.74) is 4.04. The van der Waals surface area contributed by atoms with Crippen LogP contribution in [0, 0.1) is 13.8 Å². The Labute approximate surface area is 123 Å². The van der Waals surface area contributed by atoms with E-state index in [0.29, 0.717) is 6.04 Å². The maximum atomic E-state index is 4.22. The molecule has 0 amide bonds. The van der Waals surface area contributed by atoms with Crippen LogP contribution in [-0.2, 0) is 0 Å². The van der Waals surface area contributed by atoms with Crippen molar-refractivity contribution >= 4 is 23.3 Å². The van der Waals surface area contributed by atoms with E-state index in [1.54, 1.807) is 18.1 Å². The van der Waals surface area contributed by atoms with Crippen LogP contribution in [0.4, 0.5) is 0 Å². The molecule has 1 unspecified atom stereocenters. The summed E-state index contributed by atoms with van der Waals surface area (Å²) in [6.45, 7) is 7.43. The van der Waals surface area contributed by atoms with Crippen LogP contribution in [0.15, 0.2) is 28.9 Å². The van der Waals surface area contributed by atoms with Gasteiger partial charge in [0.25, 0.3) is 0 Å². The quantitative estimate of drug-likeness (QED) is 0.826. The Morgan fingerprint density at radius 3 is 2.79 bits per heavy atom. The molecule has 0 fully saturated rings. The van der Waals surface area contributed by atoms with E-state index in [9.17, 15) is 0 Å². The number of hydrogen-bond acceptors (Lipinski definition) is 5. The predicted molar refractivity (Wildman–Crippen MR) is 83.0 cm³/mol. The van der Waals surface area contributed by atoms with Crippen molar-refractivity contribution in [2.24, 2.45) is 0 Å². The van der Waals surface area contributed by atoms with Gasteiger partial charge < -0.3 is 5.32 Å². The zero-order valence-corrected chi connectivity index (χ0v) is 13.1. The Hall–Kier alpha value is -0.910. The lowest BCUT2D eigenvalue weighted by Gasteiger charge is -2.18. The molecule has 19 heavy (non-hydrogen) atoms. The van der Waals surface area contributed by atoms with Gasteiger partial charge in [-0.25, -0.2) is 4.98 Å². The van der Waals surface area contributed by atoms with Crippen LogP contribution in [0.2, 0.25) is 0 Å².